The van der Waals surface area contributed by atoms with Crippen molar-refractivity contribution in [2.75, 3.05) is 6.54 Å². The molecule has 1 saturated carbocycles. The van der Waals surface area contributed by atoms with Gasteiger partial charge in [-0.05, 0) is 48.2 Å². The third-order valence-electron chi connectivity index (χ3n) is 6.56. The van der Waals surface area contributed by atoms with E-state index >= 15 is 0 Å². The van der Waals surface area contributed by atoms with Gasteiger partial charge in [0.2, 0.25) is 0 Å². The zero-order valence-electron chi connectivity index (χ0n) is 15.9. The lowest BCUT2D eigenvalue weighted by atomic mass is 9.86. The highest BCUT2D eigenvalue weighted by atomic mass is 16.2. The summed E-state index contributed by atoms with van der Waals surface area (Å²) in [7, 11) is 0. The predicted octanol–water partition coefficient (Wildman–Crippen LogP) is 4.37. The zero-order chi connectivity index (χ0) is 19.6. The van der Waals surface area contributed by atoms with Gasteiger partial charge in [0.1, 0.15) is 0 Å². The maximum atomic E-state index is 13.6. The van der Waals surface area contributed by atoms with Gasteiger partial charge in [-0.1, -0.05) is 42.5 Å². The number of aromatic amines is 1. The van der Waals surface area contributed by atoms with Gasteiger partial charge in [0, 0.05) is 34.8 Å². The number of nitrogens with zero attached hydrogens (tertiary/aromatic N) is 1. The first-order valence-corrected chi connectivity index (χ1v) is 10.1. The molecule has 1 aliphatic heterocycles. The lowest BCUT2D eigenvalue weighted by Gasteiger charge is -2.35. The van der Waals surface area contributed by atoms with Crippen molar-refractivity contribution in [3.05, 3.63) is 93.6 Å². The molecule has 1 fully saturated rings. The number of amides is 1. The van der Waals surface area contributed by atoms with Gasteiger partial charge in [-0.3, -0.25) is 9.59 Å². The first-order valence-electron chi connectivity index (χ1n) is 10.1. The summed E-state index contributed by atoms with van der Waals surface area (Å²) in [4.78, 5) is 31.9. The molecule has 4 heteroatoms. The summed E-state index contributed by atoms with van der Waals surface area (Å²) < 4.78 is 0. The van der Waals surface area contributed by atoms with Crippen molar-refractivity contribution >= 4 is 27.7 Å². The largest absolute Gasteiger partial charge is 0.354 e. The van der Waals surface area contributed by atoms with E-state index in [2.05, 4.69) is 23.2 Å². The van der Waals surface area contributed by atoms with E-state index in [4.69, 9.17) is 0 Å². The van der Waals surface area contributed by atoms with Crippen molar-refractivity contribution in [2.45, 2.75) is 24.8 Å². The van der Waals surface area contributed by atoms with Gasteiger partial charge in [0.15, 0.2) is 5.43 Å². The topological polar surface area (TPSA) is 53.2 Å². The van der Waals surface area contributed by atoms with Crippen LogP contribution in [0.5, 0.6) is 0 Å². The summed E-state index contributed by atoms with van der Waals surface area (Å²) in [6.45, 7) is 1.36. The summed E-state index contributed by atoms with van der Waals surface area (Å²) in [5, 5.41) is 1.21. The Balaban J connectivity index is 1.49. The molecule has 1 aromatic heterocycles. The van der Waals surface area contributed by atoms with Gasteiger partial charge in [-0.2, -0.15) is 0 Å². The van der Waals surface area contributed by atoms with E-state index in [-0.39, 0.29) is 16.8 Å². The van der Waals surface area contributed by atoms with Crippen LogP contribution in [0.25, 0.3) is 21.8 Å². The Morgan fingerprint density at radius 1 is 0.897 bits per heavy atom. The Labute approximate surface area is 167 Å². The molecule has 4 aromatic rings. The molecule has 2 heterocycles. The molecule has 142 valence electrons. The molecule has 1 amide bonds. The molecule has 1 N–H and O–H groups in total. The molecule has 0 bridgehead atoms. The van der Waals surface area contributed by atoms with E-state index in [1.165, 1.54) is 11.1 Å². The highest BCUT2D eigenvalue weighted by Gasteiger charge is 2.49. The molecule has 29 heavy (non-hydrogen) atoms. The molecular weight excluding hydrogens is 360 g/mol. The third-order valence-corrected chi connectivity index (χ3v) is 6.56. The van der Waals surface area contributed by atoms with Crippen molar-refractivity contribution in [3.63, 3.8) is 0 Å². The Bertz CT molecular complexity index is 1360. The fourth-order valence-corrected chi connectivity index (χ4v) is 4.90. The van der Waals surface area contributed by atoms with Crippen LogP contribution in [-0.4, -0.2) is 22.3 Å². The standard InChI is InChI=1S/C25H20N2O2/c28-23-17-7-2-4-11-21(17)26-22-18(23)8-5-9-19(22)24(29)27-14-16-6-1-3-10-20(16)25(15-27)12-13-25/h1-11H,12-15H2,(H,26,28). The van der Waals surface area contributed by atoms with Crippen molar-refractivity contribution in [1.82, 2.24) is 9.88 Å². The quantitative estimate of drug-likeness (QED) is 0.499. The van der Waals surface area contributed by atoms with Crippen LogP contribution in [0.3, 0.4) is 0 Å². The number of para-hydroxylation sites is 2. The number of carbonyl (C=O) groups excluding carboxylic acids is 1. The Kier molecular flexibility index (Phi) is 3.31. The van der Waals surface area contributed by atoms with Crippen LogP contribution in [0.2, 0.25) is 0 Å². The Hall–Kier alpha value is -3.40. The van der Waals surface area contributed by atoms with Gasteiger partial charge in [0.25, 0.3) is 5.91 Å². The van der Waals surface area contributed by atoms with Crippen LogP contribution in [0.4, 0.5) is 0 Å². The van der Waals surface area contributed by atoms with Gasteiger partial charge in [0.05, 0.1) is 11.1 Å². The molecule has 6 rings (SSSR count). The van der Waals surface area contributed by atoms with Crippen LogP contribution >= 0.6 is 0 Å². The van der Waals surface area contributed by atoms with Gasteiger partial charge < -0.3 is 9.88 Å². The Morgan fingerprint density at radius 3 is 2.52 bits per heavy atom. The minimum absolute atomic E-state index is 0.0118. The first kappa shape index (κ1) is 16.5. The average molecular weight is 380 g/mol. The molecule has 3 aromatic carbocycles. The van der Waals surface area contributed by atoms with E-state index < -0.39 is 0 Å². The predicted molar refractivity (Wildman–Crippen MR) is 114 cm³/mol. The maximum absolute atomic E-state index is 13.6. The van der Waals surface area contributed by atoms with Crippen molar-refractivity contribution < 1.29 is 4.79 Å². The second-order valence-electron chi connectivity index (χ2n) is 8.33. The molecular formula is C25H20N2O2. The fraction of sp³-hybridized carbons (Fsp3) is 0.200. The van der Waals surface area contributed by atoms with E-state index in [1.807, 2.05) is 47.4 Å². The molecule has 2 aliphatic rings. The zero-order valence-corrected chi connectivity index (χ0v) is 15.9. The summed E-state index contributed by atoms with van der Waals surface area (Å²) in [6, 6.07) is 21.4. The molecule has 0 radical (unpaired) electrons. The number of hydrogen-bond donors (Lipinski definition) is 1. The molecule has 1 aliphatic carbocycles. The second-order valence-corrected chi connectivity index (χ2v) is 8.33. The van der Waals surface area contributed by atoms with Crippen LogP contribution in [0.15, 0.2) is 71.5 Å². The number of aromatic nitrogens is 1. The summed E-state index contributed by atoms with van der Waals surface area (Å²) in [6.07, 6.45) is 2.26. The van der Waals surface area contributed by atoms with Crippen molar-refractivity contribution in [2.24, 2.45) is 0 Å². The number of benzene rings is 3. The van der Waals surface area contributed by atoms with Crippen molar-refractivity contribution in [3.8, 4) is 0 Å². The number of H-pyrrole nitrogens is 1. The molecule has 0 unspecified atom stereocenters. The number of hydrogen-bond acceptors (Lipinski definition) is 2. The molecule has 1 spiro atoms. The van der Waals surface area contributed by atoms with E-state index in [9.17, 15) is 9.59 Å². The number of nitrogens with one attached hydrogen (secondary N) is 1. The number of fused-ring (bicyclic) bond motifs is 4. The lowest BCUT2D eigenvalue weighted by molar-refractivity contribution is 0.0711. The van der Waals surface area contributed by atoms with E-state index in [0.29, 0.717) is 28.4 Å². The van der Waals surface area contributed by atoms with Crippen LogP contribution in [0, 0.1) is 0 Å². The van der Waals surface area contributed by atoms with Crippen LogP contribution in [-0.2, 0) is 12.0 Å². The monoisotopic (exact) mass is 380 g/mol. The van der Waals surface area contributed by atoms with Crippen molar-refractivity contribution in [1.29, 1.82) is 0 Å². The average Bonchev–Trinajstić information content (AvgIpc) is 3.53. The van der Waals surface area contributed by atoms with Gasteiger partial charge >= 0.3 is 0 Å². The molecule has 0 saturated heterocycles. The number of pyridine rings is 1. The highest BCUT2D eigenvalue weighted by Crippen LogP contribution is 2.52. The second kappa shape index (κ2) is 5.80. The summed E-state index contributed by atoms with van der Waals surface area (Å²) in [5.41, 5.74) is 4.69. The van der Waals surface area contributed by atoms with Gasteiger partial charge in [-0.25, -0.2) is 0 Å². The third kappa shape index (κ3) is 2.38. The number of rotatable bonds is 1. The minimum Gasteiger partial charge on any atom is -0.354 e. The molecule has 0 atom stereocenters. The van der Waals surface area contributed by atoms with E-state index in [0.717, 1.165) is 24.9 Å². The lowest BCUT2D eigenvalue weighted by Crippen LogP contribution is -2.41. The van der Waals surface area contributed by atoms with Crippen LogP contribution < -0.4 is 5.43 Å². The Morgan fingerprint density at radius 2 is 1.66 bits per heavy atom. The van der Waals surface area contributed by atoms with E-state index in [1.54, 1.807) is 6.07 Å². The normalized spacial score (nSPS) is 16.9. The highest BCUT2D eigenvalue weighted by molar-refractivity contribution is 6.07. The first-order chi connectivity index (χ1) is 14.2. The SMILES string of the molecule is O=C(c1cccc2c(=O)c3ccccc3[nH]c12)N1Cc2ccccc2C2(CC2)C1. The molecule has 4 nitrogen and oxygen atoms in total. The maximum Gasteiger partial charge on any atom is 0.256 e. The number of carbonyl (C=O) groups is 1. The summed E-state index contributed by atoms with van der Waals surface area (Å²) in [5.74, 6) is -0.0118. The summed E-state index contributed by atoms with van der Waals surface area (Å²) >= 11 is 0. The fourth-order valence-electron chi connectivity index (χ4n) is 4.90. The van der Waals surface area contributed by atoms with Gasteiger partial charge in [-0.15, -0.1) is 0 Å². The smallest absolute Gasteiger partial charge is 0.256 e. The minimum atomic E-state index is -0.0355. The van der Waals surface area contributed by atoms with Crippen LogP contribution in [0.1, 0.15) is 34.3 Å².